The number of carbonyl (C=O) groups excluding carboxylic acids is 1. The van der Waals surface area contributed by atoms with E-state index in [2.05, 4.69) is 16.8 Å². The number of carbonyl (C=O) groups is 1. The standard InChI is InChI=1S/C21H31N3O5S/c1-6-7-8-9-17-10-18-20(22-11-17)29-19(13-23(4)30(5,27)28)15(2)12-24(21(18)26)16(3)14-25/h10-11,15-16,19,25H,6-7,12-14H2,1-5H3/t15-,16+,19-/m1/s1. The maximum atomic E-state index is 13.2. The highest BCUT2D eigenvalue weighted by Crippen LogP contribution is 2.27. The van der Waals surface area contributed by atoms with E-state index in [1.165, 1.54) is 11.4 Å². The lowest BCUT2D eigenvalue weighted by Crippen LogP contribution is -2.50. The number of aliphatic hydroxyl groups is 1. The minimum absolute atomic E-state index is 0.120. The second-order valence-corrected chi connectivity index (χ2v) is 9.88. The molecule has 2 rings (SSSR count). The lowest BCUT2D eigenvalue weighted by atomic mass is 10.0. The van der Waals surface area contributed by atoms with Crippen molar-refractivity contribution in [2.45, 2.75) is 45.8 Å². The Morgan fingerprint density at radius 1 is 1.47 bits per heavy atom. The van der Waals surface area contributed by atoms with Crippen LogP contribution in [0.1, 0.15) is 49.5 Å². The van der Waals surface area contributed by atoms with Crippen LogP contribution in [0.2, 0.25) is 0 Å². The van der Waals surface area contributed by atoms with E-state index >= 15 is 0 Å². The minimum Gasteiger partial charge on any atom is -0.472 e. The van der Waals surface area contributed by atoms with E-state index in [0.29, 0.717) is 12.1 Å². The quantitative estimate of drug-likeness (QED) is 0.675. The van der Waals surface area contributed by atoms with Crippen molar-refractivity contribution < 1.29 is 23.1 Å². The zero-order chi connectivity index (χ0) is 22.5. The largest absolute Gasteiger partial charge is 0.472 e. The number of fused-ring (bicyclic) bond motifs is 1. The molecule has 0 saturated heterocycles. The fraction of sp³-hybridized carbons (Fsp3) is 0.619. The predicted octanol–water partition coefficient (Wildman–Crippen LogP) is 1.34. The van der Waals surface area contributed by atoms with Gasteiger partial charge in [-0.25, -0.2) is 17.7 Å². The Kier molecular flexibility index (Phi) is 8.24. The monoisotopic (exact) mass is 437 g/mol. The van der Waals surface area contributed by atoms with Crippen LogP contribution in [-0.4, -0.2) is 78.8 Å². The van der Waals surface area contributed by atoms with Crippen LogP contribution >= 0.6 is 0 Å². The van der Waals surface area contributed by atoms with Crippen LogP contribution < -0.4 is 4.74 Å². The van der Waals surface area contributed by atoms with Gasteiger partial charge < -0.3 is 14.7 Å². The summed E-state index contributed by atoms with van der Waals surface area (Å²) in [5.41, 5.74) is 0.867. The fourth-order valence-corrected chi connectivity index (χ4v) is 3.48. The van der Waals surface area contributed by atoms with Gasteiger partial charge in [0.25, 0.3) is 5.91 Å². The van der Waals surface area contributed by atoms with Gasteiger partial charge in [0, 0.05) is 37.7 Å². The van der Waals surface area contributed by atoms with Crippen molar-refractivity contribution in [2.24, 2.45) is 5.92 Å². The molecule has 0 unspecified atom stereocenters. The molecule has 0 bridgehead atoms. The molecule has 3 atom stereocenters. The first-order chi connectivity index (χ1) is 14.1. The van der Waals surface area contributed by atoms with Crippen LogP contribution in [0.4, 0.5) is 0 Å². The number of hydrogen-bond donors (Lipinski definition) is 1. The molecule has 30 heavy (non-hydrogen) atoms. The SMILES string of the molecule is CCCC#Cc1cnc2c(c1)C(=O)N([C@@H](C)CO)C[C@@H](C)[C@@H](CN(C)S(C)(=O)=O)O2. The molecule has 0 spiro atoms. The molecular formula is C21H31N3O5S. The van der Waals surface area contributed by atoms with Gasteiger partial charge in [0.2, 0.25) is 15.9 Å². The first-order valence-corrected chi connectivity index (χ1v) is 11.9. The first kappa shape index (κ1) is 24.1. The summed E-state index contributed by atoms with van der Waals surface area (Å²) >= 11 is 0. The molecule has 9 heteroatoms. The first-order valence-electron chi connectivity index (χ1n) is 10.1. The Bertz CT molecular complexity index is 922. The van der Waals surface area contributed by atoms with E-state index in [1.807, 2.05) is 13.8 Å². The van der Waals surface area contributed by atoms with Crippen molar-refractivity contribution in [1.82, 2.24) is 14.2 Å². The third kappa shape index (κ3) is 5.94. The molecule has 0 saturated carbocycles. The molecule has 1 aliphatic rings. The smallest absolute Gasteiger partial charge is 0.259 e. The number of unbranched alkanes of at least 4 members (excludes halogenated alkanes) is 1. The topological polar surface area (TPSA) is 100 Å². The van der Waals surface area contributed by atoms with Gasteiger partial charge in [0.15, 0.2) is 0 Å². The average molecular weight is 438 g/mol. The highest BCUT2D eigenvalue weighted by atomic mass is 32.2. The lowest BCUT2D eigenvalue weighted by Gasteiger charge is -2.37. The highest BCUT2D eigenvalue weighted by Gasteiger charge is 2.35. The molecule has 0 fully saturated rings. The number of aliphatic hydroxyl groups excluding tert-OH is 1. The fourth-order valence-electron chi connectivity index (χ4n) is 3.07. The normalized spacial score (nSPS) is 20.5. The number of likely N-dealkylation sites (N-methyl/N-ethyl adjacent to an activating group) is 1. The highest BCUT2D eigenvalue weighted by molar-refractivity contribution is 7.88. The molecule has 0 aromatic carbocycles. The second-order valence-electron chi connectivity index (χ2n) is 7.79. The van der Waals surface area contributed by atoms with Crippen LogP contribution in [0.25, 0.3) is 0 Å². The van der Waals surface area contributed by atoms with Crippen molar-refractivity contribution in [1.29, 1.82) is 0 Å². The molecular weight excluding hydrogens is 406 g/mol. The zero-order valence-electron chi connectivity index (χ0n) is 18.3. The number of rotatable bonds is 6. The van der Waals surface area contributed by atoms with Crippen molar-refractivity contribution in [3.05, 3.63) is 23.4 Å². The number of hydrogen-bond acceptors (Lipinski definition) is 6. The average Bonchev–Trinajstić information content (AvgIpc) is 2.69. The minimum atomic E-state index is -3.39. The van der Waals surface area contributed by atoms with Gasteiger partial charge in [-0.15, -0.1) is 0 Å². The summed E-state index contributed by atoms with van der Waals surface area (Å²) in [7, 11) is -1.90. The van der Waals surface area contributed by atoms with E-state index in [4.69, 9.17) is 4.74 Å². The zero-order valence-corrected chi connectivity index (χ0v) is 19.1. The van der Waals surface area contributed by atoms with Crippen LogP contribution in [0.3, 0.4) is 0 Å². The molecule has 166 valence electrons. The maximum absolute atomic E-state index is 13.2. The van der Waals surface area contributed by atoms with Gasteiger partial charge in [0.1, 0.15) is 11.7 Å². The Hall–Kier alpha value is -2.15. The molecule has 2 heterocycles. The Labute approximate surface area is 179 Å². The van der Waals surface area contributed by atoms with Crippen molar-refractivity contribution >= 4 is 15.9 Å². The molecule has 8 nitrogen and oxygen atoms in total. The molecule has 1 aromatic rings. The number of nitrogens with zero attached hydrogens (tertiary/aromatic N) is 3. The number of ether oxygens (including phenoxy) is 1. The summed E-state index contributed by atoms with van der Waals surface area (Å²) in [6.45, 7) is 5.94. The maximum Gasteiger partial charge on any atom is 0.259 e. The third-order valence-electron chi connectivity index (χ3n) is 5.13. The van der Waals surface area contributed by atoms with E-state index in [1.54, 1.807) is 24.1 Å². The Morgan fingerprint density at radius 2 is 2.17 bits per heavy atom. The third-order valence-corrected chi connectivity index (χ3v) is 6.41. The molecule has 0 aliphatic carbocycles. The summed E-state index contributed by atoms with van der Waals surface area (Å²) < 4.78 is 31.1. The summed E-state index contributed by atoms with van der Waals surface area (Å²) in [6.07, 6.45) is 3.85. The molecule has 0 radical (unpaired) electrons. The van der Waals surface area contributed by atoms with Gasteiger partial charge in [-0.3, -0.25) is 4.79 Å². The van der Waals surface area contributed by atoms with Crippen LogP contribution in [0, 0.1) is 17.8 Å². The Balaban J connectivity index is 2.49. The van der Waals surface area contributed by atoms with Crippen LogP contribution in [0.5, 0.6) is 5.88 Å². The van der Waals surface area contributed by atoms with Crippen LogP contribution in [-0.2, 0) is 10.0 Å². The van der Waals surface area contributed by atoms with E-state index in [9.17, 15) is 18.3 Å². The van der Waals surface area contributed by atoms with Crippen molar-refractivity contribution in [3.63, 3.8) is 0 Å². The van der Waals surface area contributed by atoms with E-state index in [0.717, 1.165) is 19.1 Å². The van der Waals surface area contributed by atoms with Gasteiger partial charge >= 0.3 is 0 Å². The second kappa shape index (κ2) is 10.2. The number of pyridine rings is 1. The van der Waals surface area contributed by atoms with Gasteiger partial charge in [-0.2, -0.15) is 0 Å². The van der Waals surface area contributed by atoms with E-state index in [-0.39, 0.29) is 36.4 Å². The summed E-state index contributed by atoms with van der Waals surface area (Å²) in [4.78, 5) is 19.2. The Morgan fingerprint density at radius 3 is 2.77 bits per heavy atom. The molecule has 1 aromatic heterocycles. The number of amides is 1. The predicted molar refractivity (Wildman–Crippen MR) is 115 cm³/mol. The number of sulfonamides is 1. The van der Waals surface area contributed by atoms with Crippen LogP contribution in [0.15, 0.2) is 12.3 Å². The van der Waals surface area contributed by atoms with Gasteiger partial charge in [-0.1, -0.05) is 25.7 Å². The lowest BCUT2D eigenvalue weighted by molar-refractivity contribution is 0.0373. The summed E-state index contributed by atoms with van der Waals surface area (Å²) in [6, 6.07) is 1.24. The summed E-state index contributed by atoms with van der Waals surface area (Å²) in [5.74, 6) is 5.71. The van der Waals surface area contributed by atoms with E-state index < -0.39 is 22.2 Å². The molecule has 1 N–H and O–H groups in total. The molecule has 1 aliphatic heterocycles. The molecule has 1 amide bonds. The van der Waals surface area contributed by atoms with Gasteiger partial charge in [0.05, 0.1) is 25.4 Å². The number of aromatic nitrogens is 1. The van der Waals surface area contributed by atoms with Crippen molar-refractivity contribution in [2.75, 3.05) is 33.0 Å². The summed E-state index contributed by atoms with van der Waals surface area (Å²) in [5, 5.41) is 9.67. The van der Waals surface area contributed by atoms with Gasteiger partial charge in [-0.05, 0) is 19.4 Å². The van der Waals surface area contributed by atoms with Crippen molar-refractivity contribution in [3.8, 4) is 17.7 Å².